The fourth-order valence-electron chi connectivity index (χ4n) is 2.43. The first-order valence-corrected chi connectivity index (χ1v) is 8.02. The van der Waals surface area contributed by atoms with Gasteiger partial charge in [-0.1, -0.05) is 12.1 Å². The molecule has 0 saturated heterocycles. The number of hydrogen-bond acceptors (Lipinski definition) is 4. The second-order valence-corrected chi connectivity index (χ2v) is 5.92. The lowest BCUT2D eigenvalue weighted by atomic mass is 9.98. The van der Waals surface area contributed by atoms with Crippen molar-refractivity contribution in [3.05, 3.63) is 57.6 Å². The summed E-state index contributed by atoms with van der Waals surface area (Å²) < 4.78 is 11.5. The summed E-state index contributed by atoms with van der Waals surface area (Å²) in [4.78, 5) is 12.5. The van der Waals surface area contributed by atoms with Gasteiger partial charge in [-0.3, -0.25) is 4.79 Å². The molecule has 5 heteroatoms. The van der Waals surface area contributed by atoms with Crippen molar-refractivity contribution < 1.29 is 19.4 Å². The van der Waals surface area contributed by atoms with Gasteiger partial charge in [0.1, 0.15) is 12.4 Å². The number of carbonyl (C=O) groups is 1. The Hall–Kier alpha value is -2.27. The van der Waals surface area contributed by atoms with Crippen molar-refractivity contribution in [1.29, 1.82) is 0 Å². The fourth-order valence-corrected chi connectivity index (χ4v) is 2.88. The molecule has 0 radical (unpaired) electrons. The largest absolute Gasteiger partial charge is 0.503 e. The molecule has 0 bridgehead atoms. The van der Waals surface area contributed by atoms with Crippen LogP contribution in [0.3, 0.4) is 0 Å². The second kappa shape index (κ2) is 6.46. The fraction of sp³-hybridized carbons (Fsp3) is 0.167. The van der Waals surface area contributed by atoms with Gasteiger partial charge >= 0.3 is 0 Å². The lowest BCUT2D eigenvalue weighted by molar-refractivity contribution is 0.100. The number of hydrogen-bond donors (Lipinski definition) is 1. The van der Waals surface area contributed by atoms with E-state index in [0.29, 0.717) is 33.7 Å². The van der Waals surface area contributed by atoms with Crippen molar-refractivity contribution in [2.24, 2.45) is 0 Å². The van der Waals surface area contributed by atoms with Crippen molar-refractivity contribution >= 4 is 27.8 Å². The number of phenolic OH excluding ortho intramolecular Hbond substituents is 1. The number of para-hydroxylation sites is 1. The highest BCUT2D eigenvalue weighted by Gasteiger charge is 2.22. The van der Waals surface area contributed by atoms with Crippen LogP contribution in [-0.2, 0) is 0 Å². The summed E-state index contributed by atoms with van der Waals surface area (Å²) in [6.07, 6.45) is 1.75. The number of fused-ring (bicyclic) bond motifs is 1. The number of benzene rings is 2. The third kappa shape index (κ3) is 3.10. The highest BCUT2D eigenvalue weighted by atomic mass is 79.9. The molecule has 1 aliphatic rings. The Morgan fingerprint density at radius 3 is 2.91 bits per heavy atom. The third-order valence-corrected chi connectivity index (χ3v) is 4.10. The summed E-state index contributed by atoms with van der Waals surface area (Å²) in [5, 5.41) is 9.96. The summed E-state index contributed by atoms with van der Waals surface area (Å²) in [6, 6.07) is 10.6. The molecule has 1 heterocycles. The van der Waals surface area contributed by atoms with Crippen LogP contribution in [-0.4, -0.2) is 24.1 Å². The molecule has 0 fully saturated rings. The molecule has 0 unspecified atom stereocenters. The van der Waals surface area contributed by atoms with E-state index in [2.05, 4.69) is 15.9 Å². The first-order chi connectivity index (χ1) is 11.1. The molecule has 4 nitrogen and oxygen atoms in total. The molecule has 1 N–H and O–H groups in total. The van der Waals surface area contributed by atoms with E-state index in [1.165, 1.54) is 0 Å². The van der Waals surface area contributed by atoms with Gasteiger partial charge in [0, 0.05) is 5.57 Å². The SMILES string of the molecule is CCOc1cc(/C=C2/COc3ccccc3C2=O)cc(Br)c1O. The highest BCUT2D eigenvalue weighted by molar-refractivity contribution is 9.10. The zero-order chi connectivity index (χ0) is 16.4. The van der Waals surface area contributed by atoms with E-state index in [0.717, 1.165) is 5.56 Å². The molecule has 1 aliphatic heterocycles. The van der Waals surface area contributed by atoms with Crippen molar-refractivity contribution in [2.45, 2.75) is 6.92 Å². The molecule has 0 spiro atoms. The normalized spacial score (nSPS) is 15.2. The van der Waals surface area contributed by atoms with E-state index in [1.807, 2.05) is 19.1 Å². The predicted octanol–water partition coefficient (Wildman–Crippen LogP) is 4.21. The maximum atomic E-state index is 12.5. The number of aromatic hydroxyl groups is 1. The summed E-state index contributed by atoms with van der Waals surface area (Å²) >= 11 is 3.30. The zero-order valence-corrected chi connectivity index (χ0v) is 14.1. The number of ketones is 1. The van der Waals surface area contributed by atoms with Crippen LogP contribution in [0.5, 0.6) is 17.2 Å². The van der Waals surface area contributed by atoms with E-state index in [-0.39, 0.29) is 18.1 Å². The van der Waals surface area contributed by atoms with Gasteiger partial charge in [0.15, 0.2) is 17.3 Å². The minimum Gasteiger partial charge on any atom is -0.503 e. The molecular weight excluding hydrogens is 360 g/mol. The van der Waals surface area contributed by atoms with Crippen molar-refractivity contribution in [3.8, 4) is 17.2 Å². The van der Waals surface area contributed by atoms with Crippen LogP contribution in [0.15, 0.2) is 46.4 Å². The molecule has 23 heavy (non-hydrogen) atoms. The summed E-state index contributed by atoms with van der Waals surface area (Å²) in [5.41, 5.74) is 1.88. The monoisotopic (exact) mass is 374 g/mol. The van der Waals surface area contributed by atoms with Gasteiger partial charge in [-0.15, -0.1) is 0 Å². The van der Waals surface area contributed by atoms with Crippen molar-refractivity contribution in [1.82, 2.24) is 0 Å². The topological polar surface area (TPSA) is 55.8 Å². The Morgan fingerprint density at radius 2 is 2.13 bits per heavy atom. The zero-order valence-electron chi connectivity index (χ0n) is 12.5. The Morgan fingerprint density at radius 1 is 1.35 bits per heavy atom. The summed E-state index contributed by atoms with van der Waals surface area (Å²) in [7, 11) is 0. The van der Waals surface area contributed by atoms with E-state index in [1.54, 1.807) is 30.3 Å². The molecule has 3 rings (SSSR count). The van der Waals surface area contributed by atoms with Gasteiger partial charge in [0.2, 0.25) is 0 Å². The van der Waals surface area contributed by atoms with Gasteiger partial charge in [-0.2, -0.15) is 0 Å². The van der Waals surface area contributed by atoms with Crippen LogP contribution >= 0.6 is 15.9 Å². The molecular formula is C18H15BrO4. The molecule has 0 saturated carbocycles. The number of Topliss-reactive ketones (excluding diaryl/α,β-unsaturated/α-hetero) is 1. The lowest BCUT2D eigenvalue weighted by Gasteiger charge is -2.18. The van der Waals surface area contributed by atoms with Crippen molar-refractivity contribution in [3.63, 3.8) is 0 Å². The Balaban J connectivity index is 1.98. The van der Waals surface area contributed by atoms with Crippen LogP contribution in [0.25, 0.3) is 6.08 Å². The maximum Gasteiger partial charge on any atom is 0.196 e. The van der Waals surface area contributed by atoms with Gasteiger partial charge < -0.3 is 14.6 Å². The molecule has 2 aromatic carbocycles. The molecule has 0 amide bonds. The number of halogens is 1. The average Bonchev–Trinajstić information content (AvgIpc) is 2.55. The minimum atomic E-state index is -0.0472. The number of carbonyl (C=O) groups excluding carboxylic acids is 1. The molecule has 0 aliphatic carbocycles. The summed E-state index contributed by atoms with van der Waals surface area (Å²) in [5.74, 6) is 0.981. The molecule has 0 atom stereocenters. The van der Waals surface area contributed by atoms with E-state index in [9.17, 15) is 9.90 Å². The van der Waals surface area contributed by atoms with Crippen LogP contribution in [0.2, 0.25) is 0 Å². The average molecular weight is 375 g/mol. The molecule has 2 aromatic rings. The third-order valence-electron chi connectivity index (χ3n) is 3.50. The molecule has 118 valence electrons. The highest BCUT2D eigenvalue weighted by Crippen LogP contribution is 2.36. The Kier molecular flexibility index (Phi) is 4.39. The van der Waals surface area contributed by atoms with E-state index >= 15 is 0 Å². The predicted molar refractivity (Wildman–Crippen MR) is 91.2 cm³/mol. The smallest absolute Gasteiger partial charge is 0.196 e. The van der Waals surface area contributed by atoms with E-state index in [4.69, 9.17) is 9.47 Å². The van der Waals surface area contributed by atoms with Gasteiger partial charge in [0.25, 0.3) is 0 Å². The molecule has 0 aromatic heterocycles. The van der Waals surface area contributed by atoms with Crippen LogP contribution in [0.4, 0.5) is 0 Å². The van der Waals surface area contributed by atoms with Crippen LogP contribution in [0, 0.1) is 0 Å². The van der Waals surface area contributed by atoms with Gasteiger partial charge in [-0.05, 0) is 58.8 Å². The number of ether oxygens (including phenoxy) is 2. The van der Waals surface area contributed by atoms with E-state index < -0.39 is 0 Å². The minimum absolute atomic E-state index is 0.0468. The number of rotatable bonds is 3. The Bertz CT molecular complexity index is 796. The van der Waals surface area contributed by atoms with Gasteiger partial charge in [-0.25, -0.2) is 0 Å². The Labute approximate surface area is 142 Å². The number of phenols is 1. The first kappa shape index (κ1) is 15.6. The second-order valence-electron chi connectivity index (χ2n) is 5.07. The van der Waals surface area contributed by atoms with Crippen LogP contribution < -0.4 is 9.47 Å². The first-order valence-electron chi connectivity index (χ1n) is 7.22. The summed E-state index contributed by atoms with van der Waals surface area (Å²) in [6.45, 7) is 2.50. The standard InChI is InChI=1S/C18H15BrO4/c1-2-22-16-9-11(8-14(19)18(16)21)7-12-10-23-15-6-4-3-5-13(15)17(12)20/h3-9,21H,2,10H2,1H3/b12-7-. The van der Waals surface area contributed by atoms with Crippen LogP contribution in [0.1, 0.15) is 22.8 Å². The lowest BCUT2D eigenvalue weighted by Crippen LogP contribution is -2.18. The quantitative estimate of drug-likeness (QED) is 0.817. The maximum absolute atomic E-state index is 12.5. The van der Waals surface area contributed by atoms with Crippen molar-refractivity contribution in [2.75, 3.05) is 13.2 Å². The van der Waals surface area contributed by atoms with Gasteiger partial charge in [0.05, 0.1) is 16.6 Å².